The highest BCUT2D eigenvalue weighted by Gasteiger charge is 2.13. The first kappa shape index (κ1) is 11.3. The second kappa shape index (κ2) is 4.37. The topological polar surface area (TPSA) is 51.2 Å². The van der Waals surface area contributed by atoms with Crippen LogP contribution in [0, 0.1) is 5.82 Å². The van der Waals surface area contributed by atoms with E-state index in [4.69, 9.17) is 0 Å². The molecule has 1 aromatic heterocycles. The first-order chi connectivity index (χ1) is 8.15. The summed E-state index contributed by atoms with van der Waals surface area (Å²) in [5.41, 5.74) is 0.777. The fourth-order valence-corrected chi connectivity index (χ4v) is 1.61. The summed E-state index contributed by atoms with van der Waals surface area (Å²) in [5, 5.41) is 3.38. The van der Waals surface area contributed by atoms with E-state index in [1.54, 1.807) is 13.1 Å². The van der Waals surface area contributed by atoms with E-state index in [1.165, 1.54) is 25.3 Å². The SMILES string of the molecule is CNc1cc(C(=O)OC)c2ccc(F)cc2n1. The number of ether oxygens (including phenoxy) is 1. The average molecular weight is 234 g/mol. The molecule has 1 aromatic carbocycles. The minimum Gasteiger partial charge on any atom is -0.465 e. The number of hydrogen-bond acceptors (Lipinski definition) is 4. The molecular formula is C12H11FN2O2. The van der Waals surface area contributed by atoms with Gasteiger partial charge in [-0.05, 0) is 18.2 Å². The van der Waals surface area contributed by atoms with Gasteiger partial charge in [0.05, 0.1) is 18.2 Å². The van der Waals surface area contributed by atoms with E-state index >= 15 is 0 Å². The quantitative estimate of drug-likeness (QED) is 0.809. The van der Waals surface area contributed by atoms with Crippen molar-refractivity contribution in [3.8, 4) is 0 Å². The maximum absolute atomic E-state index is 13.1. The van der Waals surface area contributed by atoms with Gasteiger partial charge in [-0.25, -0.2) is 14.2 Å². The molecule has 4 nitrogen and oxygen atoms in total. The van der Waals surface area contributed by atoms with Gasteiger partial charge in [-0.2, -0.15) is 0 Å². The van der Waals surface area contributed by atoms with Crippen molar-refractivity contribution in [2.45, 2.75) is 0 Å². The third-order valence-electron chi connectivity index (χ3n) is 2.43. The molecule has 2 aromatic rings. The summed E-state index contributed by atoms with van der Waals surface area (Å²) in [6.45, 7) is 0. The van der Waals surface area contributed by atoms with Gasteiger partial charge in [0.25, 0.3) is 0 Å². The molecule has 0 bridgehead atoms. The number of carbonyl (C=O) groups excluding carboxylic acids is 1. The van der Waals surface area contributed by atoms with Gasteiger partial charge >= 0.3 is 5.97 Å². The highest BCUT2D eigenvalue weighted by atomic mass is 19.1. The van der Waals surface area contributed by atoms with E-state index in [9.17, 15) is 9.18 Å². The third kappa shape index (κ3) is 2.04. The van der Waals surface area contributed by atoms with Gasteiger partial charge in [-0.15, -0.1) is 0 Å². The zero-order valence-electron chi connectivity index (χ0n) is 9.45. The normalized spacial score (nSPS) is 10.3. The second-order valence-corrected chi connectivity index (χ2v) is 3.46. The van der Waals surface area contributed by atoms with Crippen LogP contribution >= 0.6 is 0 Å². The lowest BCUT2D eigenvalue weighted by Crippen LogP contribution is -2.05. The van der Waals surface area contributed by atoms with Crippen LogP contribution < -0.4 is 5.32 Å². The molecule has 0 saturated heterocycles. The minimum absolute atomic E-state index is 0.363. The lowest BCUT2D eigenvalue weighted by molar-refractivity contribution is 0.0603. The number of esters is 1. The van der Waals surface area contributed by atoms with Gasteiger partial charge < -0.3 is 10.1 Å². The fraction of sp³-hybridized carbons (Fsp3) is 0.167. The number of nitrogens with zero attached hydrogens (tertiary/aromatic N) is 1. The molecule has 2 rings (SSSR count). The predicted molar refractivity (Wildman–Crippen MR) is 62.6 cm³/mol. The average Bonchev–Trinajstić information content (AvgIpc) is 2.35. The number of halogens is 1. The van der Waals surface area contributed by atoms with Crippen LogP contribution in [0.4, 0.5) is 10.2 Å². The highest BCUT2D eigenvalue weighted by Crippen LogP contribution is 2.22. The summed E-state index contributed by atoms with van der Waals surface area (Å²) in [6.07, 6.45) is 0. The first-order valence-corrected chi connectivity index (χ1v) is 5.02. The van der Waals surface area contributed by atoms with Crippen LogP contribution in [0.25, 0.3) is 10.9 Å². The number of fused-ring (bicyclic) bond motifs is 1. The Kier molecular flexibility index (Phi) is 2.91. The van der Waals surface area contributed by atoms with Crippen LogP contribution in [0.3, 0.4) is 0 Å². The molecular weight excluding hydrogens is 223 g/mol. The Morgan fingerprint density at radius 3 is 2.82 bits per heavy atom. The van der Waals surface area contributed by atoms with Crippen LogP contribution in [0.15, 0.2) is 24.3 Å². The van der Waals surface area contributed by atoms with E-state index in [-0.39, 0.29) is 0 Å². The Morgan fingerprint density at radius 1 is 1.41 bits per heavy atom. The van der Waals surface area contributed by atoms with E-state index in [2.05, 4.69) is 15.0 Å². The maximum Gasteiger partial charge on any atom is 0.338 e. The van der Waals surface area contributed by atoms with Crippen LogP contribution in [0.1, 0.15) is 10.4 Å². The molecule has 5 heteroatoms. The van der Waals surface area contributed by atoms with Gasteiger partial charge in [0.2, 0.25) is 0 Å². The number of carbonyl (C=O) groups is 1. The summed E-state index contributed by atoms with van der Waals surface area (Å²) < 4.78 is 17.8. The van der Waals surface area contributed by atoms with E-state index in [1.807, 2.05) is 0 Å². The summed E-state index contributed by atoms with van der Waals surface area (Å²) in [5.74, 6) is -0.377. The smallest absolute Gasteiger partial charge is 0.338 e. The lowest BCUT2D eigenvalue weighted by Gasteiger charge is -2.07. The second-order valence-electron chi connectivity index (χ2n) is 3.46. The van der Waals surface area contributed by atoms with E-state index < -0.39 is 11.8 Å². The number of pyridine rings is 1. The van der Waals surface area contributed by atoms with Crippen LogP contribution in [-0.2, 0) is 4.74 Å². The third-order valence-corrected chi connectivity index (χ3v) is 2.43. The van der Waals surface area contributed by atoms with E-state index in [0.29, 0.717) is 22.3 Å². The van der Waals surface area contributed by atoms with Crippen LogP contribution in [0.5, 0.6) is 0 Å². The summed E-state index contributed by atoms with van der Waals surface area (Å²) in [6, 6.07) is 5.66. The van der Waals surface area contributed by atoms with Crippen molar-refractivity contribution in [3.63, 3.8) is 0 Å². The monoisotopic (exact) mass is 234 g/mol. The van der Waals surface area contributed by atoms with Crippen molar-refractivity contribution in [1.29, 1.82) is 0 Å². The van der Waals surface area contributed by atoms with Crippen molar-refractivity contribution in [3.05, 3.63) is 35.6 Å². The van der Waals surface area contributed by atoms with Gasteiger partial charge in [-0.3, -0.25) is 0 Å². The molecule has 1 N–H and O–H groups in total. The zero-order chi connectivity index (χ0) is 12.4. The lowest BCUT2D eigenvalue weighted by atomic mass is 10.1. The molecule has 0 spiro atoms. The Morgan fingerprint density at radius 2 is 2.18 bits per heavy atom. The fourth-order valence-electron chi connectivity index (χ4n) is 1.61. The Hall–Kier alpha value is -2.17. The molecule has 0 saturated carbocycles. The molecule has 0 radical (unpaired) electrons. The summed E-state index contributed by atoms with van der Waals surface area (Å²) >= 11 is 0. The minimum atomic E-state index is -0.472. The van der Waals surface area contributed by atoms with Crippen molar-refractivity contribution < 1.29 is 13.9 Å². The number of hydrogen-bond donors (Lipinski definition) is 1. The summed E-state index contributed by atoms with van der Waals surface area (Å²) in [4.78, 5) is 15.8. The maximum atomic E-state index is 13.1. The van der Waals surface area contributed by atoms with Gasteiger partial charge in [0.15, 0.2) is 0 Å². The van der Waals surface area contributed by atoms with Crippen molar-refractivity contribution in [2.24, 2.45) is 0 Å². The molecule has 0 fully saturated rings. The first-order valence-electron chi connectivity index (χ1n) is 5.02. The number of nitrogens with one attached hydrogen (secondary N) is 1. The molecule has 1 heterocycles. The Balaban J connectivity index is 2.75. The largest absolute Gasteiger partial charge is 0.465 e. The Bertz CT molecular complexity index is 584. The molecule has 0 unspecified atom stereocenters. The number of aromatic nitrogens is 1. The molecule has 0 aliphatic carbocycles. The van der Waals surface area contributed by atoms with Crippen LogP contribution in [-0.4, -0.2) is 25.1 Å². The van der Waals surface area contributed by atoms with E-state index in [0.717, 1.165) is 0 Å². The highest BCUT2D eigenvalue weighted by molar-refractivity contribution is 6.04. The zero-order valence-corrected chi connectivity index (χ0v) is 9.45. The van der Waals surface area contributed by atoms with Gasteiger partial charge in [0, 0.05) is 18.5 Å². The molecule has 0 atom stereocenters. The number of anilines is 1. The number of rotatable bonds is 2. The molecule has 0 aliphatic rings. The molecule has 17 heavy (non-hydrogen) atoms. The number of benzene rings is 1. The van der Waals surface area contributed by atoms with Gasteiger partial charge in [-0.1, -0.05) is 0 Å². The van der Waals surface area contributed by atoms with Crippen molar-refractivity contribution >= 4 is 22.7 Å². The molecule has 0 amide bonds. The van der Waals surface area contributed by atoms with Crippen molar-refractivity contribution in [1.82, 2.24) is 4.98 Å². The molecule has 0 aliphatic heterocycles. The van der Waals surface area contributed by atoms with Gasteiger partial charge in [0.1, 0.15) is 11.6 Å². The van der Waals surface area contributed by atoms with Crippen molar-refractivity contribution in [2.75, 3.05) is 19.5 Å². The predicted octanol–water partition coefficient (Wildman–Crippen LogP) is 2.20. The summed E-state index contributed by atoms with van der Waals surface area (Å²) in [7, 11) is 2.98. The molecule has 88 valence electrons. The standard InChI is InChI=1S/C12H11FN2O2/c1-14-11-6-9(12(16)17-2)8-4-3-7(13)5-10(8)15-11/h3-6H,1-2H3,(H,14,15). The Labute approximate surface area is 97.4 Å². The number of methoxy groups -OCH3 is 1. The van der Waals surface area contributed by atoms with Crippen LogP contribution in [0.2, 0.25) is 0 Å².